The highest BCUT2D eigenvalue weighted by atomic mass is 19.1. The maximum Gasteiger partial charge on any atom is 0.253 e. The lowest BCUT2D eigenvalue weighted by Gasteiger charge is -2.31. The molecule has 2 aromatic rings. The molecule has 1 aliphatic rings. The second kappa shape index (κ2) is 8.29. The van der Waals surface area contributed by atoms with Crippen molar-refractivity contribution in [3.8, 4) is 0 Å². The fourth-order valence-corrected chi connectivity index (χ4v) is 3.29. The van der Waals surface area contributed by atoms with Crippen molar-refractivity contribution in [2.75, 3.05) is 13.1 Å². The quantitative estimate of drug-likeness (QED) is 0.835. The Balaban J connectivity index is 1.68. The highest BCUT2D eigenvalue weighted by Crippen LogP contribution is 2.20. The normalized spacial score (nSPS) is 16.0. The highest BCUT2D eigenvalue weighted by molar-refractivity contribution is 5.94. The molecule has 1 aromatic heterocycles. The summed E-state index contributed by atoms with van der Waals surface area (Å²) in [4.78, 5) is 31.7. The summed E-state index contributed by atoms with van der Waals surface area (Å²) in [6.45, 7) is 4.97. The number of halogens is 1. The maximum atomic E-state index is 13.0. The zero-order valence-electron chi connectivity index (χ0n) is 15.6. The Morgan fingerprint density at radius 1 is 1.07 bits per heavy atom. The van der Waals surface area contributed by atoms with Gasteiger partial charge in [0, 0.05) is 36.8 Å². The number of hydrogen-bond acceptors (Lipinski definition) is 3. The monoisotopic (exact) mass is 369 g/mol. The minimum absolute atomic E-state index is 0.0175. The molecule has 0 radical (unpaired) electrons. The molecule has 0 bridgehead atoms. The van der Waals surface area contributed by atoms with E-state index in [4.69, 9.17) is 0 Å². The van der Waals surface area contributed by atoms with Gasteiger partial charge in [0.25, 0.3) is 5.91 Å². The molecule has 3 rings (SSSR count). The van der Waals surface area contributed by atoms with Gasteiger partial charge in [-0.2, -0.15) is 0 Å². The predicted molar refractivity (Wildman–Crippen MR) is 101 cm³/mol. The van der Waals surface area contributed by atoms with Crippen LogP contribution in [-0.2, 0) is 0 Å². The first-order valence-corrected chi connectivity index (χ1v) is 9.26. The molecule has 0 saturated carbocycles. The van der Waals surface area contributed by atoms with Gasteiger partial charge >= 0.3 is 0 Å². The summed E-state index contributed by atoms with van der Waals surface area (Å²) in [7, 11) is 0. The van der Waals surface area contributed by atoms with E-state index >= 15 is 0 Å². The first-order chi connectivity index (χ1) is 13.0. The molecular weight excluding hydrogens is 345 g/mol. The van der Waals surface area contributed by atoms with Crippen LogP contribution in [0.5, 0.6) is 0 Å². The number of likely N-dealkylation sites (tertiary alicyclic amines) is 1. The Kier molecular flexibility index (Phi) is 5.84. The molecule has 5 nitrogen and oxygen atoms in total. The van der Waals surface area contributed by atoms with Crippen LogP contribution in [0.25, 0.3) is 0 Å². The standard InChI is InChI=1S/C21H24FN3O2/c1-15(2)23-19-5-3-4-12-25(19)21(27)17-10-13-24(14-11-17)20(26)16-6-8-18(22)9-7-16/h3-9,12,15,17H,10-11,13-14H2,1-2H3. The molecule has 0 aliphatic carbocycles. The largest absolute Gasteiger partial charge is 0.339 e. The van der Waals surface area contributed by atoms with E-state index in [-0.39, 0.29) is 29.6 Å². The second-order valence-corrected chi connectivity index (χ2v) is 7.06. The van der Waals surface area contributed by atoms with E-state index in [0.717, 1.165) is 0 Å². The fraction of sp³-hybridized carbons (Fsp3) is 0.381. The molecule has 2 heterocycles. The number of carbonyl (C=O) groups is 2. The lowest BCUT2D eigenvalue weighted by atomic mass is 9.95. The summed E-state index contributed by atoms with van der Waals surface area (Å²) in [5.74, 6) is -0.609. The summed E-state index contributed by atoms with van der Waals surface area (Å²) in [5, 5.41) is 0. The van der Waals surface area contributed by atoms with Crippen molar-refractivity contribution in [1.82, 2.24) is 9.47 Å². The van der Waals surface area contributed by atoms with Crippen molar-refractivity contribution in [3.05, 3.63) is 65.5 Å². The minimum atomic E-state index is -0.363. The van der Waals surface area contributed by atoms with Crippen LogP contribution in [0, 0.1) is 11.7 Å². The summed E-state index contributed by atoms with van der Waals surface area (Å²) in [6, 6.07) is 11.2. The van der Waals surface area contributed by atoms with Crippen LogP contribution in [0.15, 0.2) is 53.7 Å². The van der Waals surface area contributed by atoms with E-state index in [0.29, 0.717) is 37.0 Å². The number of piperidine rings is 1. The van der Waals surface area contributed by atoms with E-state index in [1.54, 1.807) is 15.7 Å². The predicted octanol–water partition coefficient (Wildman–Crippen LogP) is 3.13. The molecule has 1 saturated heterocycles. The summed E-state index contributed by atoms with van der Waals surface area (Å²) in [6.07, 6.45) is 2.96. The van der Waals surface area contributed by atoms with E-state index in [2.05, 4.69) is 4.99 Å². The molecule has 1 aliphatic heterocycles. The summed E-state index contributed by atoms with van der Waals surface area (Å²) in [5.41, 5.74) is 1.12. The number of nitrogens with zero attached hydrogens (tertiary/aromatic N) is 3. The molecule has 1 amide bonds. The smallest absolute Gasteiger partial charge is 0.253 e. The Hall–Kier alpha value is -2.76. The fourth-order valence-electron chi connectivity index (χ4n) is 3.29. The van der Waals surface area contributed by atoms with Crippen LogP contribution in [0.3, 0.4) is 0 Å². The van der Waals surface area contributed by atoms with E-state index in [1.165, 1.54) is 24.3 Å². The Morgan fingerprint density at radius 3 is 2.37 bits per heavy atom. The number of aromatic nitrogens is 1. The van der Waals surface area contributed by atoms with Crippen molar-refractivity contribution in [2.45, 2.75) is 32.7 Å². The van der Waals surface area contributed by atoms with Crippen molar-refractivity contribution in [3.63, 3.8) is 0 Å². The molecule has 0 spiro atoms. The number of rotatable bonds is 3. The minimum Gasteiger partial charge on any atom is -0.339 e. The van der Waals surface area contributed by atoms with E-state index in [1.807, 2.05) is 32.0 Å². The molecule has 0 unspecified atom stereocenters. The first-order valence-electron chi connectivity index (χ1n) is 9.26. The summed E-state index contributed by atoms with van der Waals surface area (Å²) < 4.78 is 14.6. The van der Waals surface area contributed by atoms with Gasteiger partial charge in [-0.3, -0.25) is 19.1 Å². The van der Waals surface area contributed by atoms with Gasteiger partial charge in [-0.1, -0.05) is 6.07 Å². The van der Waals surface area contributed by atoms with Gasteiger partial charge in [-0.25, -0.2) is 4.39 Å². The third-order valence-electron chi connectivity index (χ3n) is 4.69. The number of pyridine rings is 1. The Labute approximate surface area is 158 Å². The molecule has 0 atom stereocenters. The van der Waals surface area contributed by atoms with Crippen molar-refractivity contribution >= 4 is 11.8 Å². The zero-order chi connectivity index (χ0) is 19.4. The van der Waals surface area contributed by atoms with Gasteiger partial charge in [0.2, 0.25) is 5.91 Å². The SMILES string of the molecule is CC(C)N=c1ccccn1C(=O)C1CCN(C(=O)c2ccc(F)cc2)CC1. The molecule has 0 N–H and O–H groups in total. The van der Waals surface area contributed by atoms with Gasteiger partial charge < -0.3 is 4.90 Å². The third-order valence-corrected chi connectivity index (χ3v) is 4.69. The lowest BCUT2D eigenvalue weighted by Crippen LogP contribution is -2.42. The molecule has 27 heavy (non-hydrogen) atoms. The third kappa shape index (κ3) is 4.51. The van der Waals surface area contributed by atoms with Gasteiger partial charge in [0.15, 0.2) is 0 Å². The second-order valence-electron chi connectivity index (χ2n) is 7.06. The number of carbonyl (C=O) groups excluding carboxylic acids is 2. The lowest BCUT2D eigenvalue weighted by molar-refractivity contribution is 0.0618. The van der Waals surface area contributed by atoms with Crippen LogP contribution < -0.4 is 5.49 Å². The van der Waals surface area contributed by atoms with Gasteiger partial charge in [-0.05, 0) is 63.1 Å². The highest BCUT2D eigenvalue weighted by Gasteiger charge is 2.28. The van der Waals surface area contributed by atoms with Crippen LogP contribution in [-0.4, -0.2) is 40.4 Å². The first kappa shape index (κ1) is 19.0. The Morgan fingerprint density at radius 2 is 1.74 bits per heavy atom. The number of benzene rings is 1. The van der Waals surface area contributed by atoms with Crippen molar-refractivity contribution in [1.29, 1.82) is 0 Å². The van der Waals surface area contributed by atoms with E-state index < -0.39 is 0 Å². The molecule has 1 aromatic carbocycles. The average Bonchev–Trinajstić information content (AvgIpc) is 2.68. The van der Waals surface area contributed by atoms with E-state index in [9.17, 15) is 14.0 Å². The van der Waals surface area contributed by atoms with Crippen molar-refractivity contribution < 1.29 is 14.0 Å². The number of amides is 1. The maximum absolute atomic E-state index is 13.0. The molecule has 1 fully saturated rings. The van der Waals surface area contributed by atoms with Crippen LogP contribution in [0.2, 0.25) is 0 Å². The van der Waals surface area contributed by atoms with Gasteiger partial charge in [0.1, 0.15) is 11.3 Å². The van der Waals surface area contributed by atoms with Crippen LogP contribution >= 0.6 is 0 Å². The van der Waals surface area contributed by atoms with Crippen LogP contribution in [0.4, 0.5) is 4.39 Å². The molecule has 142 valence electrons. The zero-order valence-corrected chi connectivity index (χ0v) is 15.6. The molecule has 6 heteroatoms. The van der Waals surface area contributed by atoms with Crippen LogP contribution in [0.1, 0.15) is 41.8 Å². The number of hydrogen-bond donors (Lipinski definition) is 0. The topological polar surface area (TPSA) is 54.7 Å². The van der Waals surface area contributed by atoms with Gasteiger partial charge in [-0.15, -0.1) is 0 Å². The summed E-state index contributed by atoms with van der Waals surface area (Å²) >= 11 is 0. The Bertz CT molecular complexity index is 879. The van der Waals surface area contributed by atoms with Gasteiger partial charge in [0.05, 0.1) is 0 Å². The molecular formula is C21H24FN3O2. The average molecular weight is 369 g/mol. The van der Waals surface area contributed by atoms with Crippen molar-refractivity contribution in [2.24, 2.45) is 10.9 Å².